The van der Waals surface area contributed by atoms with Crippen LogP contribution in [0.15, 0.2) is 67.0 Å². The molecule has 5 rings (SSSR count). The molecule has 1 aliphatic heterocycles. The van der Waals surface area contributed by atoms with E-state index in [0.29, 0.717) is 39.8 Å². The molecule has 2 aromatic heterocycles. The number of pyridine rings is 1. The molecule has 188 valence electrons. The Hall–Kier alpha value is -3.54. The largest absolute Gasteiger partial charge is 0.435 e. The molecule has 36 heavy (non-hydrogen) atoms. The molecule has 0 aliphatic carbocycles. The lowest BCUT2D eigenvalue weighted by molar-refractivity contribution is -0.0498. The number of aromatic nitrogens is 2. The van der Waals surface area contributed by atoms with Crippen molar-refractivity contribution in [1.29, 1.82) is 0 Å². The zero-order chi connectivity index (χ0) is 25.4. The van der Waals surface area contributed by atoms with Crippen LogP contribution in [0.3, 0.4) is 0 Å². The topological polar surface area (TPSA) is 96.6 Å². The monoisotopic (exact) mass is 517 g/mol. The maximum absolute atomic E-state index is 13.5. The average molecular weight is 518 g/mol. The first-order chi connectivity index (χ1) is 17.2. The molecule has 1 unspecified atom stereocenters. The van der Waals surface area contributed by atoms with Crippen LogP contribution >= 0.6 is 10.6 Å². The Bertz CT molecular complexity index is 1430. The summed E-state index contributed by atoms with van der Waals surface area (Å²) in [5.74, 6) is -0.0921. The number of carbonyl (C=O) groups excluding carboxylic acids is 1. The van der Waals surface area contributed by atoms with Gasteiger partial charge in [0.1, 0.15) is 17.4 Å². The van der Waals surface area contributed by atoms with Gasteiger partial charge in [0, 0.05) is 34.5 Å². The molecule has 7 nitrogen and oxygen atoms in total. The van der Waals surface area contributed by atoms with Crippen molar-refractivity contribution in [3.8, 4) is 22.7 Å². The fraction of sp³-hybridized carbons (Fsp3) is 0.200. The fourth-order valence-electron chi connectivity index (χ4n) is 4.34. The predicted octanol–water partition coefficient (Wildman–Crippen LogP) is 5.69. The van der Waals surface area contributed by atoms with Crippen molar-refractivity contribution in [1.82, 2.24) is 14.9 Å². The summed E-state index contributed by atoms with van der Waals surface area (Å²) in [6.45, 7) is -2.96. The van der Waals surface area contributed by atoms with E-state index in [-0.39, 0.29) is 29.2 Å². The molecule has 1 atom stereocenters. The highest BCUT2D eigenvalue weighted by Crippen LogP contribution is 2.45. The lowest BCUT2D eigenvalue weighted by Crippen LogP contribution is -2.35. The number of halogens is 3. The maximum atomic E-state index is 13.5. The maximum Gasteiger partial charge on any atom is 0.387 e. The van der Waals surface area contributed by atoms with Crippen LogP contribution in [0.4, 0.5) is 13.2 Å². The van der Waals surface area contributed by atoms with Crippen molar-refractivity contribution < 1.29 is 31.8 Å². The summed E-state index contributed by atoms with van der Waals surface area (Å²) < 4.78 is 64.9. The Morgan fingerprint density at radius 3 is 2.69 bits per heavy atom. The number of hydrogen-bond acceptors (Lipinski definition) is 5. The zero-order valence-corrected chi connectivity index (χ0v) is 19.6. The third-order valence-corrected chi connectivity index (χ3v) is 7.82. The van der Waals surface area contributed by atoms with Gasteiger partial charge in [-0.15, -0.1) is 0 Å². The van der Waals surface area contributed by atoms with E-state index < -0.39 is 23.0 Å². The van der Waals surface area contributed by atoms with Gasteiger partial charge in [-0.25, -0.2) is 9.37 Å². The van der Waals surface area contributed by atoms with Crippen molar-refractivity contribution in [3.05, 3.63) is 78.4 Å². The molecule has 1 fully saturated rings. The molecule has 3 N–H and O–H groups in total. The van der Waals surface area contributed by atoms with E-state index in [9.17, 15) is 27.1 Å². The first-order valence-electron chi connectivity index (χ1n) is 11.1. The van der Waals surface area contributed by atoms with Gasteiger partial charge in [0.15, 0.2) is 0 Å². The Morgan fingerprint density at radius 1 is 1.17 bits per heavy atom. The van der Waals surface area contributed by atoms with Crippen LogP contribution < -0.4 is 10.1 Å². The molecule has 2 aromatic carbocycles. The minimum absolute atomic E-state index is 0.00171. The zero-order valence-electron chi connectivity index (χ0n) is 18.8. The normalized spacial score (nSPS) is 17.9. The second-order valence-corrected chi connectivity index (χ2v) is 10.9. The molecular formula is C25H22F3N3O4S. The third kappa shape index (κ3) is 5.03. The van der Waals surface area contributed by atoms with Crippen LogP contribution in [0.1, 0.15) is 16.8 Å². The van der Waals surface area contributed by atoms with Gasteiger partial charge in [-0.1, -0.05) is 18.2 Å². The summed E-state index contributed by atoms with van der Waals surface area (Å²) in [6.07, 6.45) is 3.29. The van der Waals surface area contributed by atoms with E-state index in [1.54, 1.807) is 41.1 Å². The number of nitrogens with zero attached hydrogens (tertiary/aromatic N) is 2. The molecule has 0 saturated carbocycles. The van der Waals surface area contributed by atoms with E-state index in [4.69, 9.17) is 0 Å². The van der Waals surface area contributed by atoms with Crippen molar-refractivity contribution in [2.24, 2.45) is 0 Å². The van der Waals surface area contributed by atoms with E-state index in [0.717, 1.165) is 6.20 Å². The van der Waals surface area contributed by atoms with E-state index in [1.165, 1.54) is 24.3 Å². The molecular weight excluding hydrogens is 495 g/mol. The highest BCUT2D eigenvalue weighted by molar-refractivity contribution is 8.24. The molecule has 1 saturated heterocycles. The quantitative estimate of drug-likeness (QED) is 0.306. The van der Waals surface area contributed by atoms with E-state index >= 15 is 0 Å². The van der Waals surface area contributed by atoms with Crippen molar-refractivity contribution in [2.75, 3.05) is 11.5 Å². The second kappa shape index (κ2) is 9.49. The SMILES string of the molecule is O=C(NC1CCS(O)(O)C1)c1ccc2c(-c3cccc(OC(F)F)c3)cn(-c3ccc(F)cn3)c2c1. The molecule has 1 aliphatic rings. The Labute approximate surface area is 205 Å². The van der Waals surface area contributed by atoms with Gasteiger partial charge >= 0.3 is 6.61 Å². The fourth-order valence-corrected chi connectivity index (χ4v) is 6.06. The number of carbonyl (C=O) groups is 1. The Morgan fingerprint density at radius 2 is 2.00 bits per heavy atom. The van der Waals surface area contributed by atoms with Crippen molar-refractivity contribution in [3.63, 3.8) is 0 Å². The second-order valence-electron chi connectivity index (χ2n) is 8.52. The molecule has 0 spiro atoms. The van der Waals surface area contributed by atoms with E-state index in [2.05, 4.69) is 15.0 Å². The summed E-state index contributed by atoms with van der Waals surface area (Å²) in [5, 5.41) is 3.56. The van der Waals surface area contributed by atoms with Crippen molar-refractivity contribution >= 4 is 27.4 Å². The van der Waals surface area contributed by atoms with Gasteiger partial charge in [0.25, 0.3) is 5.91 Å². The summed E-state index contributed by atoms with van der Waals surface area (Å²) >= 11 is 0. The smallest absolute Gasteiger partial charge is 0.387 e. The minimum Gasteiger partial charge on any atom is -0.435 e. The van der Waals surface area contributed by atoms with Crippen LogP contribution in [0.5, 0.6) is 5.75 Å². The van der Waals surface area contributed by atoms with Gasteiger partial charge in [-0.3, -0.25) is 13.9 Å². The van der Waals surface area contributed by atoms with Gasteiger partial charge in [0.05, 0.1) is 17.5 Å². The van der Waals surface area contributed by atoms with E-state index in [1.807, 2.05) is 0 Å². The number of benzene rings is 2. The van der Waals surface area contributed by atoms with Crippen LogP contribution in [0.2, 0.25) is 0 Å². The predicted molar refractivity (Wildman–Crippen MR) is 132 cm³/mol. The highest BCUT2D eigenvalue weighted by atomic mass is 32.3. The summed E-state index contributed by atoms with van der Waals surface area (Å²) in [7, 11) is -2.66. The molecule has 3 heterocycles. The van der Waals surface area contributed by atoms with Crippen LogP contribution in [0, 0.1) is 5.82 Å². The number of ether oxygens (including phenoxy) is 1. The van der Waals surface area contributed by atoms with Gasteiger partial charge in [0.2, 0.25) is 0 Å². The average Bonchev–Trinajstić information content (AvgIpc) is 3.38. The Balaban J connectivity index is 1.57. The number of amides is 1. The number of rotatable bonds is 6. The van der Waals surface area contributed by atoms with Crippen LogP contribution in [-0.4, -0.2) is 48.7 Å². The molecule has 4 aromatic rings. The van der Waals surface area contributed by atoms with Crippen molar-refractivity contribution in [2.45, 2.75) is 19.1 Å². The minimum atomic E-state index is -2.96. The number of nitrogens with one attached hydrogen (secondary N) is 1. The van der Waals surface area contributed by atoms with Gasteiger partial charge in [-0.05, 0) is 48.4 Å². The van der Waals surface area contributed by atoms with Gasteiger partial charge in [-0.2, -0.15) is 19.4 Å². The summed E-state index contributed by atoms with van der Waals surface area (Å²) in [6, 6.07) is 13.7. The number of fused-ring (bicyclic) bond motifs is 1. The lowest BCUT2D eigenvalue weighted by Gasteiger charge is -2.26. The molecule has 0 radical (unpaired) electrons. The van der Waals surface area contributed by atoms with Gasteiger partial charge < -0.3 is 14.6 Å². The molecule has 11 heteroatoms. The summed E-state index contributed by atoms with van der Waals surface area (Å²) in [5.41, 5.74) is 2.21. The molecule has 1 amide bonds. The van der Waals surface area contributed by atoms with Crippen LogP contribution in [0.25, 0.3) is 27.8 Å². The standard InChI is InChI=1S/C25H22F3N3O4S/c26-17-5-7-23(29-12-17)31-13-21(15-2-1-3-19(10-15)35-25(27)28)20-6-4-16(11-22(20)31)24(32)30-18-8-9-36(33,34)14-18/h1-7,10-13,18,25,33-34H,8-9,14H2,(H,30,32). The van der Waals surface area contributed by atoms with Crippen LogP contribution in [-0.2, 0) is 0 Å². The number of hydrogen-bond donors (Lipinski definition) is 3. The summed E-state index contributed by atoms with van der Waals surface area (Å²) in [4.78, 5) is 17.1. The number of alkyl halides is 2. The first kappa shape index (κ1) is 24.2. The molecule has 0 bridgehead atoms. The first-order valence-corrected chi connectivity index (χ1v) is 12.9. The highest BCUT2D eigenvalue weighted by Gasteiger charge is 2.29. The lowest BCUT2D eigenvalue weighted by atomic mass is 10.0. The third-order valence-electron chi connectivity index (χ3n) is 5.99. The Kier molecular flexibility index (Phi) is 6.37.